The van der Waals surface area contributed by atoms with Gasteiger partial charge in [0.05, 0.1) is 11.3 Å². The number of nitrogens with zero attached hydrogens (tertiary/aromatic N) is 2. The van der Waals surface area contributed by atoms with E-state index in [1.54, 1.807) is 4.90 Å². The predicted molar refractivity (Wildman–Crippen MR) is 74.6 cm³/mol. The highest BCUT2D eigenvalue weighted by atomic mass is 35.5. The Kier molecular flexibility index (Phi) is 5.58. The highest BCUT2D eigenvalue weighted by molar-refractivity contribution is 5.95. The third kappa shape index (κ3) is 3.85. The topological polar surface area (TPSA) is 45.2 Å². The normalized spacial score (nSPS) is 19.1. The molecule has 1 aliphatic heterocycles. The minimum Gasteiger partial charge on any atom is -0.333 e. The standard InChI is InChI=1S/C13H16F3N3O.ClH/c1-8-7-17-5-6-19(8)12(20)10-3-4-11(13(14,15)16)18-9(10)2;/h3-4,8,17H,5-7H2,1-2H3;1H/t8-;/m0./s1. The van der Waals surface area contributed by atoms with Gasteiger partial charge in [-0.3, -0.25) is 4.79 Å². The molecule has 2 heterocycles. The van der Waals surface area contributed by atoms with E-state index in [0.29, 0.717) is 19.6 Å². The maximum Gasteiger partial charge on any atom is 0.433 e. The number of hydrogen-bond donors (Lipinski definition) is 1. The Labute approximate surface area is 127 Å². The van der Waals surface area contributed by atoms with Crippen molar-refractivity contribution in [1.29, 1.82) is 0 Å². The summed E-state index contributed by atoms with van der Waals surface area (Å²) >= 11 is 0. The summed E-state index contributed by atoms with van der Waals surface area (Å²) < 4.78 is 37.7. The molecule has 21 heavy (non-hydrogen) atoms. The van der Waals surface area contributed by atoms with E-state index < -0.39 is 11.9 Å². The van der Waals surface area contributed by atoms with Crippen LogP contribution in [-0.2, 0) is 6.18 Å². The number of halogens is 4. The van der Waals surface area contributed by atoms with Gasteiger partial charge in [0.25, 0.3) is 5.91 Å². The molecule has 0 saturated carbocycles. The third-order valence-corrected chi connectivity index (χ3v) is 3.37. The van der Waals surface area contributed by atoms with Gasteiger partial charge in [0.1, 0.15) is 5.69 Å². The number of alkyl halides is 3. The second kappa shape index (κ2) is 6.62. The van der Waals surface area contributed by atoms with Crippen molar-refractivity contribution in [3.8, 4) is 0 Å². The summed E-state index contributed by atoms with van der Waals surface area (Å²) in [5, 5.41) is 3.16. The number of rotatable bonds is 1. The summed E-state index contributed by atoms with van der Waals surface area (Å²) in [7, 11) is 0. The Morgan fingerprint density at radius 3 is 2.62 bits per heavy atom. The van der Waals surface area contributed by atoms with Gasteiger partial charge >= 0.3 is 6.18 Å². The molecule has 0 radical (unpaired) electrons. The first-order valence-corrected chi connectivity index (χ1v) is 6.37. The molecule has 1 fully saturated rings. The van der Waals surface area contributed by atoms with Crippen LogP contribution in [0.4, 0.5) is 13.2 Å². The minimum atomic E-state index is -4.49. The van der Waals surface area contributed by atoms with E-state index in [9.17, 15) is 18.0 Å². The van der Waals surface area contributed by atoms with Crippen molar-refractivity contribution >= 4 is 18.3 Å². The number of nitrogens with one attached hydrogen (secondary N) is 1. The van der Waals surface area contributed by atoms with Crippen LogP contribution < -0.4 is 5.32 Å². The molecular weight excluding hydrogens is 307 g/mol. The van der Waals surface area contributed by atoms with Gasteiger partial charge in [0, 0.05) is 25.7 Å². The Bertz CT molecular complexity index is 522. The van der Waals surface area contributed by atoms with Gasteiger partial charge in [0.2, 0.25) is 0 Å². The molecular formula is C13H17ClF3N3O. The van der Waals surface area contributed by atoms with Crippen molar-refractivity contribution in [3.05, 3.63) is 29.1 Å². The van der Waals surface area contributed by atoms with Crippen molar-refractivity contribution in [2.45, 2.75) is 26.1 Å². The SMILES string of the molecule is Cc1nc(C(F)(F)F)ccc1C(=O)N1CCNC[C@@H]1C.Cl. The van der Waals surface area contributed by atoms with Crippen molar-refractivity contribution in [2.75, 3.05) is 19.6 Å². The van der Waals surface area contributed by atoms with E-state index in [0.717, 1.165) is 6.07 Å². The zero-order chi connectivity index (χ0) is 14.9. The second-order valence-corrected chi connectivity index (χ2v) is 4.88. The van der Waals surface area contributed by atoms with Crippen LogP contribution in [0.15, 0.2) is 12.1 Å². The Morgan fingerprint density at radius 1 is 1.43 bits per heavy atom. The van der Waals surface area contributed by atoms with Gasteiger partial charge in [-0.25, -0.2) is 4.98 Å². The van der Waals surface area contributed by atoms with Crippen LogP contribution in [0.25, 0.3) is 0 Å². The summed E-state index contributed by atoms with van der Waals surface area (Å²) in [6.07, 6.45) is -4.49. The zero-order valence-electron chi connectivity index (χ0n) is 11.7. The van der Waals surface area contributed by atoms with Gasteiger partial charge in [0.15, 0.2) is 0 Å². The molecule has 1 aliphatic rings. The Morgan fingerprint density at radius 2 is 2.10 bits per heavy atom. The van der Waals surface area contributed by atoms with E-state index in [1.807, 2.05) is 6.92 Å². The summed E-state index contributed by atoms with van der Waals surface area (Å²) in [5.41, 5.74) is -0.637. The van der Waals surface area contributed by atoms with Gasteiger partial charge in [-0.2, -0.15) is 13.2 Å². The molecule has 118 valence electrons. The van der Waals surface area contributed by atoms with Crippen molar-refractivity contribution in [3.63, 3.8) is 0 Å². The average molecular weight is 324 g/mol. The lowest BCUT2D eigenvalue weighted by atomic mass is 10.1. The molecule has 1 atom stereocenters. The van der Waals surface area contributed by atoms with E-state index in [4.69, 9.17) is 0 Å². The fourth-order valence-electron chi connectivity index (χ4n) is 2.24. The molecule has 0 unspecified atom stereocenters. The van der Waals surface area contributed by atoms with Gasteiger partial charge in [-0.05, 0) is 26.0 Å². The highest BCUT2D eigenvalue weighted by Crippen LogP contribution is 2.28. The Hall–Kier alpha value is -1.34. The quantitative estimate of drug-likeness (QED) is 0.862. The zero-order valence-corrected chi connectivity index (χ0v) is 12.5. The molecule has 0 spiro atoms. The Balaban J connectivity index is 0.00000220. The maximum absolute atomic E-state index is 12.6. The minimum absolute atomic E-state index is 0. The third-order valence-electron chi connectivity index (χ3n) is 3.37. The molecule has 0 aliphatic carbocycles. The predicted octanol–water partition coefficient (Wildman–Crippen LogP) is 2.26. The highest BCUT2D eigenvalue weighted by Gasteiger charge is 2.33. The van der Waals surface area contributed by atoms with Crippen LogP contribution in [0.2, 0.25) is 0 Å². The molecule has 1 aromatic rings. The number of pyridine rings is 1. The molecule has 4 nitrogen and oxygen atoms in total. The molecule has 1 saturated heterocycles. The lowest BCUT2D eigenvalue weighted by Gasteiger charge is -2.34. The summed E-state index contributed by atoms with van der Waals surface area (Å²) in [6, 6.07) is 2.08. The first kappa shape index (κ1) is 17.7. The second-order valence-electron chi connectivity index (χ2n) is 4.88. The van der Waals surface area contributed by atoms with Crippen molar-refractivity contribution in [1.82, 2.24) is 15.2 Å². The molecule has 2 rings (SSSR count). The number of carbonyl (C=O) groups excluding carboxylic acids is 1. The van der Waals surface area contributed by atoms with E-state index in [-0.39, 0.29) is 35.6 Å². The van der Waals surface area contributed by atoms with E-state index in [1.165, 1.54) is 13.0 Å². The lowest BCUT2D eigenvalue weighted by molar-refractivity contribution is -0.141. The van der Waals surface area contributed by atoms with Crippen LogP contribution in [0, 0.1) is 6.92 Å². The summed E-state index contributed by atoms with van der Waals surface area (Å²) in [4.78, 5) is 17.5. The fourth-order valence-corrected chi connectivity index (χ4v) is 2.24. The number of amides is 1. The fraction of sp³-hybridized carbons (Fsp3) is 0.538. The van der Waals surface area contributed by atoms with E-state index >= 15 is 0 Å². The van der Waals surface area contributed by atoms with Crippen LogP contribution >= 0.6 is 12.4 Å². The summed E-state index contributed by atoms with van der Waals surface area (Å²) in [6.45, 7) is 5.23. The number of hydrogen-bond acceptors (Lipinski definition) is 3. The van der Waals surface area contributed by atoms with Crippen LogP contribution in [0.1, 0.15) is 28.7 Å². The van der Waals surface area contributed by atoms with Crippen molar-refractivity contribution in [2.24, 2.45) is 0 Å². The van der Waals surface area contributed by atoms with Crippen LogP contribution in [-0.4, -0.2) is 41.5 Å². The molecule has 1 amide bonds. The maximum atomic E-state index is 12.6. The first-order chi connectivity index (χ1) is 9.30. The molecule has 0 aromatic carbocycles. The monoisotopic (exact) mass is 323 g/mol. The number of piperazine rings is 1. The van der Waals surface area contributed by atoms with Gasteiger partial charge in [-0.15, -0.1) is 12.4 Å². The van der Waals surface area contributed by atoms with E-state index in [2.05, 4.69) is 10.3 Å². The van der Waals surface area contributed by atoms with Crippen molar-refractivity contribution < 1.29 is 18.0 Å². The molecule has 0 bridgehead atoms. The van der Waals surface area contributed by atoms with Gasteiger partial charge in [-0.1, -0.05) is 0 Å². The molecule has 1 N–H and O–H groups in total. The van der Waals surface area contributed by atoms with Crippen LogP contribution in [0.3, 0.4) is 0 Å². The molecule has 8 heteroatoms. The van der Waals surface area contributed by atoms with Crippen LogP contribution in [0.5, 0.6) is 0 Å². The first-order valence-electron chi connectivity index (χ1n) is 6.37. The number of aryl methyl sites for hydroxylation is 1. The number of carbonyl (C=O) groups is 1. The average Bonchev–Trinajstić information content (AvgIpc) is 2.37. The van der Waals surface area contributed by atoms with Gasteiger partial charge < -0.3 is 10.2 Å². The summed E-state index contributed by atoms with van der Waals surface area (Å²) in [5.74, 6) is -0.266. The smallest absolute Gasteiger partial charge is 0.333 e. The number of aromatic nitrogens is 1. The lowest BCUT2D eigenvalue weighted by Crippen LogP contribution is -2.52. The molecule has 1 aromatic heterocycles. The largest absolute Gasteiger partial charge is 0.433 e.